The van der Waals surface area contributed by atoms with Crippen molar-refractivity contribution in [3.8, 4) is 17.1 Å². The summed E-state index contributed by atoms with van der Waals surface area (Å²) in [5.74, 6) is 1.72. The minimum absolute atomic E-state index is 0.317. The first kappa shape index (κ1) is 13.4. The molecule has 19 heavy (non-hydrogen) atoms. The first-order valence-corrected chi connectivity index (χ1v) is 6.19. The molecular formula is C15H16O4. The van der Waals surface area contributed by atoms with Gasteiger partial charge in [-0.15, -0.1) is 0 Å². The molecule has 2 rings (SSSR count). The molecule has 0 N–H and O–H groups in total. The summed E-state index contributed by atoms with van der Waals surface area (Å²) in [6.45, 7) is 3.71. The van der Waals surface area contributed by atoms with E-state index >= 15 is 0 Å². The van der Waals surface area contributed by atoms with Gasteiger partial charge in [0.25, 0.3) is 0 Å². The molecule has 4 heteroatoms. The summed E-state index contributed by atoms with van der Waals surface area (Å²) in [5.41, 5.74) is 0.877. The van der Waals surface area contributed by atoms with E-state index < -0.39 is 0 Å². The van der Waals surface area contributed by atoms with Crippen molar-refractivity contribution in [3.63, 3.8) is 0 Å². The maximum Gasteiger partial charge on any atom is 0.185 e. The van der Waals surface area contributed by atoms with Crippen LogP contribution in [0.3, 0.4) is 0 Å². The SMILES string of the molecule is CCOCCOc1cccc(-c2ccc(C=O)o2)c1. The molecule has 0 aliphatic carbocycles. The van der Waals surface area contributed by atoms with Gasteiger partial charge in [0, 0.05) is 12.2 Å². The summed E-state index contributed by atoms with van der Waals surface area (Å²) in [6, 6.07) is 10.9. The predicted molar refractivity (Wildman–Crippen MR) is 71.5 cm³/mol. The average Bonchev–Trinajstić information content (AvgIpc) is 2.93. The molecule has 0 saturated heterocycles. The number of hydrogen-bond acceptors (Lipinski definition) is 4. The quantitative estimate of drug-likeness (QED) is 0.566. The van der Waals surface area contributed by atoms with Crippen LogP contribution in [0.4, 0.5) is 0 Å². The minimum atomic E-state index is 0.317. The van der Waals surface area contributed by atoms with E-state index in [1.54, 1.807) is 12.1 Å². The molecule has 100 valence electrons. The topological polar surface area (TPSA) is 48.7 Å². The highest BCUT2D eigenvalue weighted by molar-refractivity contribution is 5.73. The van der Waals surface area contributed by atoms with E-state index in [2.05, 4.69) is 0 Å². The Morgan fingerprint density at radius 1 is 1.21 bits per heavy atom. The maximum absolute atomic E-state index is 10.6. The second-order valence-corrected chi connectivity index (χ2v) is 3.89. The standard InChI is InChI=1S/C15H16O4/c1-2-17-8-9-18-13-5-3-4-12(10-13)15-7-6-14(11-16)19-15/h3-7,10-11H,2,8-9H2,1H3. The highest BCUT2D eigenvalue weighted by atomic mass is 16.5. The molecule has 4 nitrogen and oxygen atoms in total. The smallest absolute Gasteiger partial charge is 0.185 e. The predicted octanol–water partition coefficient (Wildman–Crippen LogP) is 3.17. The summed E-state index contributed by atoms with van der Waals surface area (Å²) in [7, 11) is 0. The highest BCUT2D eigenvalue weighted by Gasteiger charge is 2.05. The summed E-state index contributed by atoms with van der Waals surface area (Å²) >= 11 is 0. The van der Waals surface area contributed by atoms with Crippen molar-refractivity contribution in [1.82, 2.24) is 0 Å². The largest absolute Gasteiger partial charge is 0.491 e. The van der Waals surface area contributed by atoms with Crippen LogP contribution in [0.15, 0.2) is 40.8 Å². The lowest BCUT2D eigenvalue weighted by Gasteiger charge is -2.07. The third kappa shape index (κ3) is 3.69. The zero-order valence-electron chi connectivity index (χ0n) is 10.8. The van der Waals surface area contributed by atoms with Gasteiger partial charge in [-0.3, -0.25) is 4.79 Å². The molecule has 0 unspecified atom stereocenters. The van der Waals surface area contributed by atoms with Crippen molar-refractivity contribution in [3.05, 3.63) is 42.2 Å². The first-order valence-electron chi connectivity index (χ1n) is 6.19. The van der Waals surface area contributed by atoms with Crippen LogP contribution in [0.2, 0.25) is 0 Å². The van der Waals surface area contributed by atoms with Crippen LogP contribution in [-0.4, -0.2) is 26.1 Å². The maximum atomic E-state index is 10.6. The number of rotatable bonds is 7. The fourth-order valence-corrected chi connectivity index (χ4v) is 1.67. The van der Waals surface area contributed by atoms with E-state index in [-0.39, 0.29) is 0 Å². The van der Waals surface area contributed by atoms with E-state index in [1.165, 1.54) is 0 Å². The number of aldehydes is 1. The molecule has 0 aliphatic rings. The molecule has 0 spiro atoms. The zero-order valence-corrected chi connectivity index (χ0v) is 10.8. The second kappa shape index (κ2) is 6.75. The van der Waals surface area contributed by atoms with Gasteiger partial charge in [-0.1, -0.05) is 12.1 Å². The van der Waals surface area contributed by atoms with Gasteiger partial charge in [0.2, 0.25) is 0 Å². The number of hydrogen-bond donors (Lipinski definition) is 0. The average molecular weight is 260 g/mol. The Balaban J connectivity index is 2.04. The van der Waals surface area contributed by atoms with Gasteiger partial charge in [0.1, 0.15) is 18.1 Å². The molecule has 0 bridgehead atoms. The van der Waals surface area contributed by atoms with Gasteiger partial charge >= 0.3 is 0 Å². The van der Waals surface area contributed by atoms with E-state index in [0.29, 0.717) is 37.6 Å². The molecule has 1 aromatic heterocycles. The van der Waals surface area contributed by atoms with Crippen LogP contribution in [-0.2, 0) is 4.74 Å². The Morgan fingerprint density at radius 3 is 2.84 bits per heavy atom. The lowest BCUT2D eigenvalue weighted by molar-refractivity contribution is 0.110. The Labute approximate surface area is 111 Å². The Morgan fingerprint density at radius 2 is 2.11 bits per heavy atom. The van der Waals surface area contributed by atoms with Crippen molar-refractivity contribution in [1.29, 1.82) is 0 Å². The Kier molecular flexibility index (Phi) is 4.75. The van der Waals surface area contributed by atoms with Crippen molar-refractivity contribution in [2.75, 3.05) is 19.8 Å². The van der Waals surface area contributed by atoms with Gasteiger partial charge in [0.15, 0.2) is 12.0 Å². The lowest BCUT2D eigenvalue weighted by atomic mass is 10.1. The minimum Gasteiger partial charge on any atom is -0.491 e. The lowest BCUT2D eigenvalue weighted by Crippen LogP contribution is -2.06. The normalized spacial score (nSPS) is 10.4. The molecule has 0 atom stereocenters. The Hall–Kier alpha value is -2.07. The number of carbonyl (C=O) groups is 1. The van der Waals surface area contributed by atoms with E-state index in [4.69, 9.17) is 13.9 Å². The molecule has 0 saturated carbocycles. The molecule has 0 aliphatic heterocycles. The third-order valence-corrected chi connectivity index (χ3v) is 2.56. The second-order valence-electron chi connectivity index (χ2n) is 3.89. The summed E-state index contributed by atoms with van der Waals surface area (Å²) in [6.07, 6.45) is 0.686. The monoisotopic (exact) mass is 260 g/mol. The van der Waals surface area contributed by atoms with Gasteiger partial charge < -0.3 is 13.9 Å². The van der Waals surface area contributed by atoms with Gasteiger partial charge in [-0.25, -0.2) is 0 Å². The number of ether oxygens (including phenoxy) is 2. The number of benzene rings is 1. The first-order chi connectivity index (χ1) is 9.33. The third-order valence-electron chi connectivity index (χ3n) is 2.56. The van der Waals surface area contributed by atoms with Crippen LogP contribution in [0, 0.1) is 0 Å². The van der Waals surface area contributed by atoms with E-state index in [1.807, 2.05) is 31.2 Å². The molecule has 2 aromatic rings. The van der Waals surface area contributed by atoms with Crippen LogP contribution in [0.5, 0.6) is 5.75 Å². The summed E-state index contributed by atoms with van der Waals surface area (Å²) in [4.78, 5) is 10.6. The van der Waals surface area contributed by atoms with Crippen LogP contribution >= 0.6 is 0 Å². The van der Waals surface area contributed by atoms with Crippen molar-refractivity contribution < 1.29 is 18.7 Å². The van der Waals surface area contributed by atoms with Crippen molar-refractivity contribution >= 4 is 6.29 Å². The number of carbonyl (C=O) groups excluding carboxylic acids is 1. The van der Waals surface area contributed by atoms with E-state index in [0.717, 1.165) is 11.3 Å². The van der Waals surface area contributed by atoms with Crippen LogP contribution in [0.25, 0.3) is 11.3 Å². The molecule has 0 amide bonds. The van der Waals surface area contributed by atoms with Crippen molar-refractivity contribution in [2.24, 2.45) is 0 Å². The molecular weight excluding hydrogens is 244 g/mol. The summed E-state index contributed by atoms with van der Waals surface area (Å²) < 4.78 is 16.1. The van der Waals surface area contributed by atoms with E-state index in [9.17, 15) is 4.79 Å². The fraction of sp³-hybridized carbons (Fsp3) is 0.267. The van der Waals surface area contributed by atoms with Gasteiger partial charge in [0.05, 0.1) is 6.61 Å². The highest BCUT2D eigenvalue weighted by Crippen LogP contribution is 2.25. The fourth-order valence-electron chi connectivity index (χ4n) is 1.67. The Bertz CT molecular complexity index is 530. The van der Waals surface area contributed by atoms with Crippen LogP contribution in [0.1, 0.15) is 17.5 Å². The molecule has 1 aromatic carbocycles. The zero-order chi connectivity index (χ0) is 13.5. The van der Waals surface area contributed by atoms with Gasteiger partial charge in [-0.05, 0) is 31.2 Å². The van der Waals surface area contributed by atoms with Crippen molar-refractivity contribution in [2.45, 2.75) is 6.92 Å². The summed E-state index contributed by atoms with van der Waals surface area (Å²) in [5, 5.41) is 0. The molecule has 0 fully saturated rings. The molecule has 1 heterocycles. The molecule has 0 radical (unpaired) electrons. The number of furan rings is 1. The van der Waals surface area contributed by atoms with Crippen LogP contribution < -0.4 is 4.74 Å². The van der Waals surface area contributed by atoms with Gasteiger partial charge in [-0.2, -0.15) is 0 Å².